The van der Waals surface area contributed by atoms with E-state index >= 15 is 0 Å². The third-order valence-electron chi connectivity index (χ3n) is 5.33. The lowest BCUT2D eigenvalue weighted by atomic mass is 9.91. The fraction of sp³-hybridized carbons (Fsp3) is 0.909. The van der Waals surface area contributed by atoms with Crippen LogP contribution in [-0.4, -0.2) is 22.2 Å². The van der Waals surface area contributed by atoms with Crippen molar-refractivity contribution in [2.75, 3.05) is 0 Å². The minimum Gasteiger partial charge on any atom is -0.481 e. The summed E-state index contributed by atoms with van der Waals surface area (Å²) >= 11 is 0. The Morgan fingerprint density at radius 1 is 0.692 bits per heavy atom. The van der Waals surface area contributed by atoms with Gasteiger partial charge in [-0.1, -0.05) is 97.3 Å². The molecule has 0 amide bonds. The SMILES string of the molecule is CCCCCCCCCCCCCCC(C)CCC(CC(=O)O)C(=O)O. The molecule has 0 aliphatic heterocycles. The highest BCUT2D eigenvalue weighted by molar-refractivity contribution is 5.77. The molecule has 0 fully saturated rings. The Morgan fingerprint density at radius 2 is 1.15 bits per heavy atom. The lowest BCUT2D eigenvalue weighted by Crippen LogP contribution is -2.18. The van der Waals surface area contributed by atoms with Gasteiger partial charge in [0.15, 0.2) is 0 Å². The van der Waals surface area contributed by atoms with E-state index in [9.17, 15) is 9.59 Å². The van der Waals surface area contributed by atoms with Crippen molar-refractivity contribution in [1.82, 2.24) is 0 Å². The third kappa shape index (κ3) is 16.4. The summed E-state index contributed by atoms with van der Waals surface area (Å²) in [6.07, 6.45) is 18.3. The van der Waals surface area contributed by atoms with Gasteiger partial charge in [0.25, 0.3) is 0 Å². The number of carboxylic acids is 2. The Morgan fingerprint density at radius 3 is 1.58 bits per heavy atom. The summed E-state index contributed by atoms with van der Waals surface area (Å²) < 4.78 is 0. The summed E-state index contributed by atoms with van der Waals surface area (Å²) in [6, 6.07) is 0. The minimum absolute atomic E-state index is 0.263. The van der Waals surface area contributed by atoms with Crippen LogP contribution in [0.2, 0.25) is 0 Å². The summed E-state index contributed by atoms with van der Waals surface area (Å²) in [6.45, 7) is 4.41. The first-order valence-corrected chi connectivity index (χ1v) is 10.9. The number of carboxylic acid groups (broad SMARTS) is 2. The molecule has 4 heteroatoms. The number of hydrogen-bond donors (Lipinski definition) is 2. The molecule has 2 atom stereocenters. The van der Waals surface area contributed by atoms with E-state index in [4.69, 9.17) is 10.2 Å². The van der Waals surface area contributed by atoms with E-state index in [0.29, 0.717) is 12.3 Å². The first kappa shape index (κ1) is 24.9. The molecule has 0 radical (unpaired) electrons. The van der Waals surface area contributed by atoms with Crippen molar-refractivity contribution in [1.29, 1.82) is 0 Å². The molecule has 0 saturated carbocycles. The van der Waals surface area contributed by atoms with Crippen molar-refractivity contribution < 1.29 is 19.8 Å². The molecule has 0 aliphatic carbocycles. The van der Waals surface area contributed by atoms with Crippen LogP contribution in [0.15, 0.2) is 0 Å². The number of carbonyl (C=O) groups is 2. The van der Waals surface area contributed by atoms with E-state index in [0.717, 1.165) is 12.8 Å². The smallest absolute Gasteiger partial charge is 0.307 e. The van der Waals surface area contributed by atoms with Gasteiger partial charge in [0.1, 0.15) is 0 Å². The second-order valence-corrected chi connectivity index (χ2v) is 7.99. The van der Waals surface area contributed by atoms with E-state index < -0.39 is 17.9 Å². The third-order valence-corrected chi connectivity index (χ3v) is 5.33. The first-order chi connectivity index (χ1) is 12.5. The van der Waals surface area contributed by atoms with Gasteiger partial charge in [0.2, 0.25) is 0 Å². The maximum atomic E-state index is 11.1. The van der Waals surface area contributed by atoms with Crippen LogP contribution >= 0.6 is 0 Å². The Labute approximate surface area is 160 Å². The molecule has 2 unspecified atom stereocenters. The monoisotopic (exact) mass is 370 g/mol. The Balaban J connectivity index is 3.47. The predicted molar refractivity (Wildman–Crippen MR) is 107 cm³/mol. The second kappa shape index (κ2) is 17.4. The summed E-state index contributed by atoms with van der Waals surface area (Å²) in [5, 5.41) is 17.8. The maximum Gasteiger partial charge on any atom is 0.307 e. The molecule has 0 rings (SSSR count). The number of unbranched alkanes of at least 4 members (excludes halogenated alkanes) is 11. The molecule has 26 heavy (non-hydrogen) atoms. The van der Waals surface area contributed by atoms with Gasteiger partial charge >= 0.3 is 11.9 Å². The lowest BCUT2D eigenvalue weighted by Gasteiger charge is -2.14. The molecule has 0 aromatic rings. The minimum atomic E-state index is -1.02. The zero-order valence-electron chi connectivity index (χ0n) is 17.2. The molecule has 0 aromatic carbocycles. The average molecular weight is 371 g/mol. The van der Waals surface area contributed by atoms with Gasteiger partial charge in [-0.2, -0.15) is 0 Å². The molecule has 0 bridgehead atoms. The maximum absolute atomic E-state index is 11.1. The second-order valence-electron chi connectivity index (χ2n) is 7.99. The van der Waals surface area contributed by atoms with E-state index in [2.05, 4.69) is 13.8 Å². The highest BCUT2D eigenvalue weighted by Gasteiger charge is 2.21. The zero-order chi connectivity index (χ0) is 19.6. The molecule has 0 spiro atoms. The van der Waals surface area contributed by atoms with Crippen LogP contribution in [0.3, 0.4) is 0 Å². The summed E-state index contributed by atoms with van der Waals surface area (Å²) in [4.78, 5) is 21.7. The van der Waals surface area contributed by atoms with E-state index in [1.807, 2.05) is 0 Å². The standard InChI is InChI=1S/C22H42O4/c1-3-4-5-6-7-8-9-10-11-12-13-14-15-19(2)16-17-20(22(25)26)18-21(23)24/h19-20H,3-18H2,1-2H3,(H,23,24)(H,25,26). The van der Waals surface area contributed by atoms with Gasteiger partial charge < -0.3 is 10.2 Å². The normalized spacial score (nSPS) is 13.5. The zero-order valence-corrected chi connectivity index (χ0v) is 17.2. The molecular weight excluding hydrogens is 328 g/mol. The van der Waals surface area contributed by atoms with Crippen LogP contribution in [0.5, 0.6) is 0 Å². The van der Waals surface area contributed by atoms with Crippen LogP contribution in [0.25, 0.3) is 0 Å². The van der Waals surface area contributed by atoms with Crippen molar-refractivity contribution >= 4 is 11.9 Å². The van der Waals surface area contributed by atoms with Crippen molar-refractivity contribution in [2.24, 2.45) is 11.8 Å². The lowest BCUT2D eigenvalue weighted by molar-refractivity contribution is -0.148. The highest BCUT2D eigenvalue weighted by Crippen LogP contribution is 2.21. The summed E-state index contributed by atoms with van der Waals surface area (Å²) in [7, 11) is 0. The molecule has 0 aliphatic rings. The molecular formula is C22H42O4. The predicted octanol–water partition coefficient (Wildman–Crippen LogP) is 6.67. The topological polar surface area (TPSA) is 74.6 Å². The molecule has 4 nitrogen and oxygen atoms in total. The summed E-state index contributed by atoms with van der Waals surface area (Å²) in [5.74, 6) is -2.26. The van der Waals surface area contributed by atoms with E-state index in [1.165, 1.54) is 77.0 Å². The van der Waals surface area contributed by atoms with Crippen molar-refractivity contribution in [3.63, 3.8) is 0 Å². The van der Waals surface area contributed by atoms with Crippen LogP contribution in [-0.2, 0) is 9.59 Å². The quantitative estimate of drug-likeness (QED) is 0.249. The fourth-order valence-electron chi connectivity index (χ4n) is 3.49. The van der Waals surface area contributed by atoms with Crippen LogP contribution in [0, 0.1) is 11.8 Å². The van der Waals surface area contributed by atoms with Gasteiger partial charge in [-0.3, -0.25) is 9.59 Å². The molecule has 154 valence electrons. The average Bonchev–Trinajstić information content (AvgIpc) is 2.59. The van der Waals surface area contributed by atoms with Crippen LogP contribution < -0.4 is 0 Å². The summed E-state index contributed by atoms with van der Waals surface area (Å²) in [5.41, 5.74) is 0. The van der Waals surface area contributed by atoms with Gasteiger partial charge in [-0.25, -0.2) is 0 Å². The largest absolute Gasteiger partial charge is 0.481 e. The van der Waals surface area contributed by atoms with Gasteiger partial charge in [-0.15, -0.1) is 0 Å². The van der Waals surface area contributed by atoms with E-state index in [1.54, 1.807) is 0 Å². The van der Waals surface area contributed by atoms with Crippen molar-refractivity contribution in [2.45, 2.75) is 117 Å². The van der Waals surface area contributed by atoms with Gasteiger partial charge in [0, 0.05) is 0 Å². The van der Waals surface area contributed by atoms with Crippen molar-refractivity contribution in [3.8, 4) is 0 Å². The van der Waals surface area contributed by atoms with Crippen molar-refractivity contribution in [3.05, 3.63) is 0 Å². The van der Waals surface area contributed by atoms with Gasteiger partial charge in [0.05, 0.1) is 12.3 Å². The number of hydrogen-bond acceptors (Lipinski definition) is 2. The highest BCUT2D eigenvalue weighted by atomic mass is 16.4. The molecule has 0 aromatic heterocycles. The number of rotatable bonds is 19. The fourth-order valence-corrected chi connectivity index (χ4v) is 3.49. The Bertz CT molecular complexity index is 354. The van der Waals surface area contributed by atoms with Crippen LogP contribution in [0.4, 0.5) is 0 Å². The van der Waals surface area contributed by atoms with E-state index in [-0.39, 0.29) is 6.42 Å². The van der Waals surface area contributed by atoms with Gasteiger partial charge in [-0.05, 0) is 18.8 Å². The molecule has 0 heterocycles. The Hall–Kier alpha value is -1.06. The molecule has 0 saturated heterocycles. The Kier molecular flexibility index (Phi) is 16.7. The molecule has 2 N–H and O–H groups in total. The number of aliphatic carboxylic acids is 2. The van der Waals surface area contributed by atoms with Crippen LogP contribution in [0.1, 0.15) is 117 Å². The first-order valence-electron chi connectivity index (χ1n) is 10.9.